The lowest BCUT2D eigenvalue weighted by Gasteiger charge is -2.13. The zero-order valence-corrected chi connectivity index (χ0v) is 14.5. The molecule has 0 aliphatic rings. The summed E-state index contributed by atoms with van der Waals surface area (Å²) in [7, 11) is 0. The summed E-state index contributed by atoms with van der Waals surface area (Å²) in [4.78, 5) is 23.0. The van der Waals surface area contributed by atoms with E-state index in [4.69, 9.17) is 9.47 Å². The van der Waals surface area contributed by atoms with E-state index in [2.05, 4.69) is 25.3 Å². The van der Waals surface area contributed by atoms with Gasteiger partial charge in [0.15, 0.2) is 0 Å². The van der Waals surface area contributed by atoms with Crippen molar-refractivity contribution in [2.45, 2.75) is 13.8 Å². The van der Waals surface area contributed by atoms with Crippen molar-refractivity contribution in [3.8, 4) is 0 Å². The van der Waals surface area contributed by atoms with E-state index in [0.717, 1.165) is 0 Å². The Morgan fingerprint density at radius 2 is 1.32 bits per heavy atom. The van der Waals surface area contributed by atoms with Crippen LogP contribution in [-0.2, 0) is 19.1 Å². The maximum atomic E-state index is 11.5. The lowest BCUT2D eigenvalue weighted by molar-refractivity contribution is -0.171. The lowest BCUT2D eigenvalue weighted by Crippen LogP contribution is -2.23. The third-order valence-corrected chi connectivity index (χ3v) is 5.06. The molecule has 4 nitrogen and oxygen atoms in total. The number of thiol groups is 2. The molecular formula is C11H20O4S4. The van der Waals surface area contributed by atoms with Gasteiger partial charge in [-0.25, -0.2) is 0 Å². The molecule has 0 heterocycles. The molecule has 0 saturated carbocycles. The van der Waals surface area contributed by atoms with Gasteiger partial charge in [0.05, 0.1) is 11.8 Å². The quantitative estimate of drug-likeness (QED) is 0.361. The number of carbonyl (C=O) groups excluding carboxylic acids is 2. The molecule has 0 spiro atoms. The van der Waals surface area contributed by atoms with Crippen LogP contribution >= 0.6 is 48.8 Å². The van der Waals surface area contributed by atoms with Gasteiger partial charge in [-0.05, 0) is 0 Å². The maximum absolute atomic E-state index is 11.5. The van der Waals surface area contributed by atoms with E-state index >= 15 is 0 Å². The van der Waals surface area contributed by atoms with Gasteiger partial charge in [-0.2, -0.15) is 48.8 Å². The molecular weight excluding hydrogens is 324 g/mol. The molecule has 0 radical (unpaired) electrons. The van der Waals surface area contributed by atoms with Crippen molar-refractivity contribution in [3.05, 3.63) is 0 Å². The first-order valence-corrected chi connectivity index (χ1v) is 9.30. The second-order valence-corrected chi connectivity index (χ2v) is 7.40. The van der Waals surface area contributed by atoms with Crippen LogP contribution in [0, 0.1) is 11.8 Å². The molecule has 0 aromatic carbocycles. The summed E-state index contributed by atoms with van der Waals surface area (Å²) in [6.07, 6.45) is 0. The monoisotopic (exact) mass is 344 g/mol. The number of hydrogen-bond acceptors (Lipinski definition) is 8. The maximum Gasteiger partial charge on any atom is 0.312 e. The van der Waals surface area contributed by atoms with Crippen molar-refractivity contribution in [2.24, 2.45) is 11.8 Å². The van der Waals surface area contributed by atoms with Gasteiger partial charge in [0.25, 0.3) is 0 Å². The van der Waals surface area contributed by atoms with Crippen molar-refractivity contribution in [2.75, 3.05) is 28.5 Å². The number of esters is 2. The minimum Gasteiger partial charge on any atom is -0.428 e. The van der Waals surface area contributed by atoms with Crippen LogP contribution in [0.5, 0.6) is 0 Å². The summed E-state index contributed by atoms with van der Waals surface area (Å²) >= 11 is 11.2. The third-order valence-electron chi connectivity index (χ3n) is 2.13. The Kier molecular flexibility index (Phi) is 12.3. The van der Waals surface area contributed by atoms with E-state index in [0.29, 0.717) is 21.7 Å². The number of rotatable bonds is 10. The Bertz CT molecular complexity index is 249. The third kappa shape index (κ3) is 9.81. The molecule has 2 unspecified atom stereocenters. The van der Waals surface area contributed by atoms with Gasteiger partial charge >= 0.3 is 11.9 Å². The highest BCUT2D eigenvalue weighted by Gasteiger charge is 2.17. The molecule has 0 aliphatic carbocycles. The van der Waals surface area contributed by atoms with Gasteiger partial charge < -0.3 is 9.47 Å². The number of hydrogen-bond donors (Lipinski definition) is 2. The van der Waals surface area contributed by atoms with Crippen molar-refractivity contribution in [1.29, 1.82) is 0 Å². The zero-order chi connectivity index (χ0) is 14.7. The van der Waals surface area contributed by atoms with Gasteiger partial charge in [0, 0.05) is 21.7 Å². The molecule has 0 bridgehead atoms. The first-order valence-electron chi connectivity index (χ1n) is 5.73. The van der Waals surface area contributed by atoms with Gasteiger partial charge in [-0.15, -0.1) is 0 Å². The van der Waals surface area contributed by atoms with Crippen molar-refractivity contribution >= 4 is 60.7 Å². The van der Waals surface area contributed by atoms with Crippen LogP contribution in [0.25, 0.3) is 0 Å². The Labute approximate surface area is 133 Å². The molecule has 2 atom stereocenters. The van der Waals surface area contributed by atoms with Crippen LogP contribution in [0.2, 0.25) is 0 Å². The molecule has 0 amide bonds. The summed E-state index contributed by atoms with van der Waals surface area (Å²) in [5.41, 5.74) is 0. The molecule has 0 saturated heterocycles. The van der Waals surface area contributed by atoms with Crippen molar-refractivity contribution in [1.82, 2.24) is 0 Å². The predicted octanol–water partition coefficient (Wildman–Crippen LogP) is 2.54. The van der Waals surface area contributed by atoms with Gasteiger partial charge in [-0.1, -0.05) is 13.8 Å². The van der Waals surface area contributed by atoms with E-state index in [1.165, 1.54) is 0 Å². The first-order chi connectivity index (χ1) is 9.02. The van der Waals surface area contributed by atoms with E-state index < -0.39 is 0 Å². The topological polar surface area (TPSA) is 52.6 Å². The average Bonchev–Trinajstić information content (AvgIpc) is 2.41. The van der Waals surface area contributed by atoms with E-state index in [9.17, 15) is 9.59 Å². The van der Waals surface area contributed by atoms with E-state index in [1.54, 1.807) is 37.4 Å². The highest BCUT2D eigenvalue weighted by atomic mass is 32.2. The Morgan fingerprint density at radius 3 is 1.63 bits per heavy atom. The fourth-order valence-electron chi connectivity index (χ4n) is 1.03. The SMILES string of the molecule is CC(CSCS)C(=O)OCOC(=O)C(C)CSCS. The van der Waals surface area contributed by atoms with Gasteiger partial charge in [0.2, 0.25) is 6.79 Å². The largest absolute Gasteiger partial charge is 0.428 e. The fraction of sp³-hybridized carbons (Fsp3) is 0.818. The molecule has 0 aliphatic heterocycles. The Morgan fingerprint density at radius 1 is 0.947 bits per heavy atom. The van der Waals surface area contributed by atoms with Crippen molar-refractivity contribution < 1.29 is 19.1 Å². The average molecular weight is 345 g/mol. The molecule has 0 N–H and O–H groups in total. The van der Waals surface area contributed by atoms with Crippen LogP contribution in [-0.4, -0.2) is 40.4 Å². The summed E-state index contributed by atoms with van der Waals surface area (Å²) in [6, 6.07) is 0. The van der Waals surface area contributed by atoms with E-state index in [1.807, 2.05) is 0 Å². The normalized spacial score (nSPS) is 13.7. The summed E-state index contributed by atoms with van der Waals surface area (Å²) in [6.45, 7) is 3.22. The summed E-state index contributed by atoms with van der Waals surface area (Å²) in [5, 5.41) is 1.32. The standard InChI is InChI=1S/C11H20O4S4/c1-8(3-18-6-16)10(12)14-5-15-11(13)9(2)4-19-7-17/h8-9,16-17H,3-7H2,1-2H3. The molecule has 0 fully saturated rings. The minimum absolute atomic E-state index is 0.229. The Hall–Kier alpha value is 0.340. The molecule has 0 rings (SSSR count). The number of carbonyl (C=O) groups is 2. The fourth-order valence-corrected chi connectivity index (χ4v) is 2.85. The molecule has 0 aromatic heterocycles. The van der Waals surface area contributed by atoms with Crippen molar-refractivity contribution in [3.63, 3.8) is 0 Å². The minimum atomic E-state index is -0.362. The second kappa shape index (κ2) is 12.1. The first kappa shape index (κ1) is 19.3. The van der Waals surface area contributed by atoms with Crippen LogP contribution in [0.15, 0.2) is 0 Å². The molecule has 112 valence electrons. The van der Waals surface area contributed by atoms with Gasteiger partial charge in [0.1, 0.15) is 0 Å². The van der Waals surface area contributed by atoms with Gasteiger partial charge in [-0.3, -0.25) is 9.59 Å². The van der Waals surface area contributed by atoms with Crippen LogP contribution in [0.1, 0.15) is 13.8 Å². The molecule has 8 heteroatoms. The van der Waals surface area contributed by atoms with E-state index in [-0.39, 0.29) is 30.6 Å². The lowest BCUT2D eigenvalue weighted by atomic mass is 10.2. The summed E-state index contributed by atoms with van der Waals surface area (Å²) < 4.78 is 9.77. The van der Waals surface area contributed by atoms with Crippen LogP contribution < -0.4 is 0 Å². The highest BCUT2D eigenvalue weighted by Crippen LogP contribution is 2.12. The number of ether oxygens (including phenoxy) is 2. The molecule has 0 aromatic rings. The van der Waals surface area contributed by atoms with Crippen LogP contribution in [0.4, 0.5) is 0 Å². The predicted molar refractivity (Wildman–Crippen MR) is 88.0 cm³/mol. The molecule has 19 heavy (non-hydrogen) atoms. The van der Waals surface area contributed by atoms with Crippen LogP contribution in [0.3, 0.4) is 0 Å². The summed E-state index contributed by atoms with van der Waals surface area (Å²) in [5.74, 6) is 0.108. The second-order valence-electron chi connectivity index (χ2n) is 3.85. The Balaban J connectivity index is 3.77. The smallest absolute Gasteiger partial charge is 0.312 e. The highest BCUT2D eigenvalue weighted by molar-refractivity contribution is 8.09. The zero-order valence-electron chi connectivity index (χ0n) is 11.0. The number of thioether (sulfide) groups is 2.